The average molecular weight is 170 g/mol. The first-order valence-electron chi connectivity index (χ1n) is 4.84. The standard InChI is InChI=1S/C10H18O2/c1-7(2)9(11)10(12)8-5-3-4-6-8/h7-8,10,12H,3-6H2,1-2H3/t10-/m1/s1. The van der Waals surface area contributed by atoms with Crippen LogP contribution in [-0.4, -0.2) is 17.0 Å². The summed E-state index contributed by atoms with van der Waals surface area (Å²) in [6, 6.07) is 0. The van der Waals surface area contributed by atoms with Crippen molar-refractivity contribution in [2.75, 3.05) is 0 Å². The van der Waals surface area contributed by atoms with E-state index in [1.165, 1.54) is 12.8 Å². The van der Waals surface area contributed by atoms with Crippen molar-refractivity contribution in [1.29, 1.82) is 0 Å². The Morgan fingerprint density at radius 3 is 2.25 bits per heavy atom. The monoisotopic (exact) mass is 170 g/mol. The van der Waals surface area contributed by atoms with Crippen molar-refractivity contribution >= 4 is 5.78 Å². The van der Waals surface area contributed by atoms with E-state index in [1.54, 1.807) is 0 Å². The minimum atomic E-state index is -0.688. The molecule has 1 rings (SSSR count). The maximum Gasteiger partial charge on any atom is 0.164 e. The van der Waals surface area contributed by atoms with E-state index in [-0.39, 0.29) is 17.6 Å². The van der Waals surface area contributed by atoms with Crippen LogP contribution in [0.15, 0.2) is 0 Å². The Balaban J connectivity index is 2.45. The second-order valence-electron chi connectivity index (χ2n) is 4.05. The number of ketones is 1. The molecule has 0 aromatic rings. The van der Waals surface area contributed by atoms with Crippen LogP contribution in [0.1, 0.15) is 39.5 Å². The van der Waals surface area contributed by atoms with Crippen LogP contribution in [0, 0.1) is 11.8 Å². The third-order valence-corrected chi connectivity index (χ3v) is 2.71. The van der Waals surface area contributed by atoms with Gasteiger partial charge < -0.3 is 5.11 Å². The Morgan fingerprint density at radius 2 is 1.83 bits per heavy atom. The van der Waals surface area contributed by atoms with Crippen LogP contribution in [0.4, 0.5) is 0 Å². The van der Waals surface area contributed by atoms with Gasteiger partial charge in [-0.05, 0) is 18.8 Å². The van der Waals surface area contributed by atoms with Crippen LogP contribution in [0.2, 0.25) is 0 Å². The van der Waals surface area contributed by atoms with Crippen molar-refractivity contribution in [2.45, 2.75) is 45.6 Å². The number of rotatable bonds is 3. The highest BCUT2D eigenvalue weighted by Crippen LogP contribution is 2.28. The summed E-state index contributed by atoms with van der Waals surface area (Å²) in [5.41, 5.74) is 0. The van der Waals surface area contributed by atoms with E-state index in [2.05, 4.69) is 0 Å². The van der Waals surface area contributed by atoms with E-state index in [1.807, 2.05) is 13.8 Å². The first-order valence-corrected chi connectivity index (χ1v) is 4.84. The first-order chi connectivity index (χ1) is 5.63. The summed E-state index contributed by atoms with van der Waals surface area (Å²) in [5, 5.41) is 9.64. The van der Waals surface area contributed by atoms with Gasteiger partial charge in [0.2, 0.25) is 0 Å². The van der Waals surface area contributed by atoms with Crippen LogP contribution in [-0.2, 0) is 4.79 Å². The maximum absolute atomic E-state index is 11.4. The van der Waals surface area contributed by atoms with E-state index in [4.69, 9.17) is 0 Å². The molecule has 12 heavy (non-hydrogen) atoms. The van der Waals surface area contributed by atoms with E-state index < -0.39 is 6.10 Å². The quantitative estimate of drug-likeness (QED) is 0.700. The minimum absolute atomic E-state index is 0.0156. The van der Waals surface area contributed by atoms with Crippen LogP contribution in [0.5, 0.6) is 0 Å². The van der Waals surface area contributed by atoms with E-state index >= 15 is 0 Å². The molecule has 70 valence electrons. The highest BCUT2D eigenvalue weighted by atomic mass is 16.3. The number of hydrogen-bond donors (Lipinski definition) is 1. The molecule has 0 saturated heterocycles. The van der Waals surface area contributed by atoms with E-state index in [9.17, 15) is 9.90 Å². The largest absolute Gasteiger partial charge is 0.385 e. The summed E-state index contributed by atoms with van der Waals surface area (Å²) in [7, 11) is 0. The zero-order valence-corrected chi connectivity index (χ0v) is 7.92. The Bertz CT molecular complexity index is 157. The Kier molecular flexibility index (Phi) is 3.27. The van der Waals surface area contributed by atoms with Gasteiger partial charge in [-0.2, -0.15) is 0 Å². The molecule has 0 radical (unpaired) electrons. The molecule has 1 aliphatic rings. The van der Waals surface area contributed by atoms with Crippen molar-refractivity contribution < 1.29 is 9.90 Å². The molecule has 1 atom stereocenters. The molecular formula is C10H18O2. The topological polar surface area (TPSA) is 37.3 Å². The predicted octanol–water partition coefficient (Wildman–Crippen LogP) is 1.76. The molecule has 1 fully saturated rings. The van der Waals surface area contributed by atoms with Crippen molar-refractivity contribution in [3.05, 3.63) is 0 Å². The van der Waals surface area contributed by atoms with Crippen molar-refractivity contribution in [3.8, 4) is 0 Å². The van der Waals surface area contributed by atoms with Gasteiger partial charge in [0.25, 0.3) is 0 Å². The normalized spacial score (nSPS) is 21.7. The molecule has 0 aromatic carbocycles. The SMILES string of the molecule is CC(C)C(=O)[C@H](O)C1CCCC1. The summed E-state index contributed by atoms with van der Waals surface area (Å²) in [6.07, 6.45) is 3.71. The fourth-order valence-electron chi connectivity index (χ4n) is 1.85. The van der Waals surface area contributed by atoms with Crippen LogP contribution in [0.3, 0.4) is 0 Å². The van der Waals surface area contributed by atoms with Crippen molar-refractivity contribution in [2.24, 2.45) is 11.8 Å². The van der Waals surface area contributed by atoms with E-state index in [0.717, 1.165) is 12.8 Å². The third kappa shape index (κ3) is 2.07. The zero-order chi connectivity index (χ0) is 9.14. The maximum atomic E-state index is 11.4. The highest BCUT2D eigenvalue weighted by Gasteiger charge is 2.29. The Hall–Kier alpha value is -0.370. The summed E-state index contributed by atoms with van der Waals surface area (Å²) < 4.78 is 0. The van der Waals surface area contributed by atoms with Crippen LogP contribution < -0.4 is 0 Å². The molecule has 0 unspecified atom stereocenters. The van der Waals surface area contributed by atoms with Gasteiger partial charge in [-0.3, -0.25) is 4.79 Å². The second kappa shape index (κ2) is 4.04. The lowest BCUT2D eigenvalue weighted by Crippen LogP contribution is -2.31. The Labute approximate surface area is 74.0 Å². The third-order valence-electron chi connectivity index (χ3n) is 2.71. The fraction of sp³-hybridized carbons (Fsp3) is 0.900. The number of aliphatic hydroxyl groups excluding tert-OH is 1. The lowest BCUT2D eigenvalue weighted by atomic mass is 9.92. The number of carbonyl (C=O) groups excluding carboxylic acids is 1. The summed E-state index contributed by atoms with van der Waals surface area (Å²) in [5.74, 6) is 0.238. The molecule has 0 spiro atoms. The molecule has 1 aliphatic carbocycles. The molecule has 0 bridgehead atoms. The van der Waals surface area contributed by atoms with Gasteiger partial charge in [0.15, 0.2) is 5.78 Å². The van der Waals surface area contributed by atoms with E-state index in [0.29, 0.717) is 0 Å². The summed E-state index contributed by atoms with van der Waals surface area (Å²) in [4.78, 5) is 11.4. The lowest BCUT2D eigenvalue weighted by molar-refractivity contribution is -0.132. The van der Waals surface area contributed by atoms with Gasteiger partial charge in [0, 0.05) is 5.92 Å². The number of hydrogen-bond acceptors (Lipinski definition) is 2. The van der Waals surface area contributed by atoms with Crippen molar-refractivity contribution in [1.82, 2.24) is 0 Å². The van der Waals surface area contributed by atoms with Crippen LogP contribution in [0.25, 0.3) is 0 Å². The number of Topliss-reactive ketones (excluding diaryl/α,β-unsaturated/α-hetero) is 1. The smallest absolute Gasteiger partial charge is 0.164 e. The lowest BCUT2D eigenvalue weighted by Gasteiger charge is -2.17. The highest BCUT2D eigenvalue weighted by molar-refractivity contribution is 5.84. The molecule has 0 amide bonds. The van der Waals surface area contributed by atoms with Crippen LogP contribution >= 0.6 is 0 Å². The number of aliphatic hydroxyl groups is 1. The zero-order valence-electron chi connectivity index (χ0n) is 7.92. The van der Waals surface area contributed by atoms with Gasteiger partial charge >= 0.3 is 0 Å². The molecule has 0 aromatic heterocycles. The molecule has 1 N–H and O–H groups in total. The molecule has 0 heterocycles. The van der Waals surface area contributed by atoms with Gasteiger partial charge in [-0.15, -0.1) is 0 Å². The fourth-order valence-corrected chi connectivity index (χ4v) is 1.85. The van der Waals surface area contributed by atoms with Gasteiger partial charge in [-0.25, -0.2) is 0 Å². The van der Waals surface area contributed by atoms with Gasteiger partial charge in [0.1, 0.15) is 6.10 Å². The average Bonchev–Trinajstić information content (AvgIpc) is 2.53. The predicted molar refractivity (Wildman–Crippen MR) is 47.8 cm³/mol. The molecule has 2 nitrogen and oxygen atoms in total. The summed E-state index contributed by atoms with van der Waals surface area (Å²) in [6.45, 7) is 3.70. The molecular weight excluding hydrogens is 152 g/mol. The van der Waals surface area contributed by atoms with Gasteiger partial charge in [-0.1, -0.05) is 26.7 Å². The molecule has 1 saturated carbocycles. The summed E-state index contributed by atoms with van der Waals surface area (Å²) >= 11 is 0. The number of carbonyl (C=O) groups is 1. The molecule has 2 heteroatoms. The minimum Gasteiger partial charge on any atom is -0.385 e. The first kappa shape index (κ1) is 9.72. The molecule has 0 aliphatic heterocycles. The van der Waals surface area contributed by atoms with Crippen molar-refractivity contribution in [3.63, 3.8) is 0 Å². The second-order valence-corrected chi connectivity index (χ2v) is 4.05. The Morgan fingerprint density at radius 1 is 1.33 bits per heavy atom. The van der Waals surface area contributed by atoms with Gasteiger partial charge in [0.05, 0.1) is 0 Å².